The van der Waals surface area contributed by atoms with Gasteiger partial charge < -0.3 is 53.2 Å². The van der Waals surface area contributed by atoms with E-state index in [2.05, 4.69) is 44.1 Å². The van der Waals surface area contributed by atoms with Gasteiger partial charge in [-0.3, -0.25) is 43.7 Å². The van der Waals surface area contributed by atoms with Crippen molar-refractivity contribution in [1.29, 1.82) is 0 Å². The van der Waals surface area contributed by atoms with Crippen LogP contribution in [0.1, 0.15) is 124 Å². The van der Waals surface area contributed by atoms with E-state index in [1.807, 2.05) is 0 Å². The van der Waals surface area contributed by atoms with Crippen LogP contribution >= 0.6 is 11.8 Å². The highest BCUT2D eigenvalue weighted by molar-refractivity contribution is 7.99. The number of aliphatic hydroxyl groups is 2. The van der Waals surface area contributed by atoms with Crippen LogP contribution < -0.4 is 43.0 Å². The molecule has 12 N–H and O–H groups in total. The first-order chi connectivity index (χ1) is 31.4. The number of carbonyl (C=O) groups is 7. The lowest BCUT2D eigenvalue weighted by molar-refractivity contribution is -0.655. The van der Waals surface area contributed by atoms with E-state index in [9.17, 15) is 53.9 Å². The third-order valence-electron chi connectivity index (χ3n) is 11.3. The topological polar surface area (TPSA) is 318 Å². The Bertz CT molecular complexity index is 1720. The van der Waals surface area contributed by atoms with Gasteiger partial charge in [-0.25, -0.2) is 0 Å². The second-order valence-electron chi connectivity index (χ2n) is 17.5. The van der Waals surface area contributed by atoms with Crippen molar-refractivity contribution in [3.63, 3.8) is 0 Å². The van der Waals surface area contributed by atoms with E-state index in [-0.39, 0.29) is 30.2 Å². The number of unbranched alkanes of at least 4 members (excludes halogenated alkanes) is 7. The molecule has 8 atom stereocenters. The van der Waals surface area contributed by atoms with Crippen molar-refractivity contribution >= 4 is 58.8 Å². The molecule has 0 unspecified atom stereocenters. The molecule has 1 aliphatic rings. The maximum Gasteiger partial charge on any atom is 0.269 e. The second kappa shape index (κ2) is 31.2. The molecule has 0 saturated carbocycles. The lowest BCUT2D eigenvalue weighted by Crippen LogP contribution is -2.85. The van der Waals surface area contributed by atoms with Crippen LogP contribution in [0.25, 0.3) is 0 Å². The van der Waals surface area contributed by atoms with Crippen molar-refractivity contribution in [2.24, 2.45) is 11.7 Å². The maximum atomic E-state index is 13.9. The summed E-state index contributed by atoms with van der Waals surface area (Å²) in [5, 5.41) is 49.9. The van der Waals surface area contributed by atoms with Gasteiger partial charge in [0.1, 0.15) is 36.3 Å². The summed E-state index contributed by atoms with van der Waals surface area (Å²) in [7, 11) is 0. The first kappa shape index (κ1) is 57.3. The van der Waals surface area contributed by atoms with Crippen LogP contribution in [0.4, 0.5) is 5.69 Å². The van der Waals surface area contributed by atoms with Crippen molar-refractivity contribution in [2.75, 3.05) is 24.6 Å². The van der Waals surface area contributed by atoms with Crippen LogP contribution in [0, 0.1) is 16.0 Å². The van der Waals surface area contributed by atoms with E-state index in [0.717, 1.165) is 32.2 Å². The smallest absolute Gasteiger partial charge is 0.269 e. The highest BCUT2D eigenvalue weighted by atomic mass is 32.2. The average molecular weight is 951 g/mol. The monoisotopic (exact) mass is 951 g/mol. The fourth-order valence-electron chi connectivity index (χ4n) is 7.27. The summed E-state index contributed by atoms with van der Waals surface area (Å²) < 4.78 is 0. The van der Waals surface area contributed by atoms with Crippen LogP contribution in [0.5, 0.6) is 0 Å². The number of thioether (sulfide) groups is 1. The Labute approximate surface area is 392 Å². The van der Waals surface area contributed by atoms with Gasteiger partial charge in [-0.2, -0.15) is 11.8 Å². The molecule has 1 aromatic carbocycles. The number of non-ortho nitro benzene ring substituents is 1. The number of rotatable bonds is 27. The number of nitrogens with two attached hydrogens (primary N) is 2. The number of nitro groups is 1. The normalized spacial score (nSPS) is 18.8. The van der Waals surface area contributed by atoms with Crippen molar-refractivity contribution in [3.8, 4) is 0 Å². The number of hydrogen-bond acceptors (Lipinski definition) is 12. The first-order valence-electron chi connectivity index (χ1n) is 23.5. The Morgan fingerprint density at radius 3 is 1.97 bits per heavy atom. The first-order valence-corrected chi connectivity index (χ1v) is 24.6. The number of primary amides is 1. The summed E-state index contributed by atoms with van der Waals surface area (Å²) in [4.78, 5) is 104. The zero-order chi connectivity index (χ0) is 49.2. The van der Waals surface area contributed by atoms with Gasteiger partial charge in [0.25, 0.3) is 5.69 Å². The molecule has 1 aliphatic heterocycles. The molecule has 372 valence electrons. The summed E-state index contributed by atoms with van der Waals surface area (Å²) in [6, 6.07) is -2.79. The molecule has 66 heavy (non-hydrogen) atoms. The molecule has 0 bridgehead atoms. The Hall–Kier alpha value is -4.86. The molecule has 0 radical (unpaired) electrons. The molecule has 2 rings (SSSR count). The van der Waals surface area contributed by atoms with Crippen molar-refractivity contribution < 1.29 is 54.0 Å². The molecular weight excluding hydrogens is 875 g/mol. The zero-order valence-corrected chi connectivity index (χ0v) is 40.1. The number of aliphatic hydroxyl groups excluding tert-OH is 2. The van der Waals surface area contributed by atoms with Crippen molar-refractivity contribution in [1.82, 2.24) is 31.9 Å². The Morgan fingerprint density at radius 2 is 1.38 bits per heavy atom. The number of nitrogens with one attached hydrogen (secondary N) is 6. The minimum Gasteiger partial charge on any atom is -0.391 e. The summed E-state index contributed by atoms with van der Waals surface area (Å²) in [6.45, 7) is 9.34. The van der Waals surface area contributed by atoms with Gasteiger partial charge in [-0.15, -0.1) is 0 Å². The molecule has 0 aliphatic carbocycles. The van der Waals surface area contributed by atoms with Gasteiger partial charge in [0, 0.05) is 37.1 Å². The lowest BCUT2D eigenvalue weighted by atomic mass is 10.0. The van der Waals surface area contributed by atoms with Crippen LogP contribution in [0.2, 0.25) is 0 Å². The minimum atomic E-state index is -1.64. The standard InChI is InChI=1S/C45H75N9O11S/c1-6-7-8-9-10-11-12-15-23-47-24-22-33-41(59)50-35(27-66-25-16-13-14-17-36(57)48-33)42(60)52-39(30(5)56)45(63)51-37(28(2)3)43(61)53-38(29(4)55)44(62)49-34(40(46)58)26-31-18-20-32(21-19-31)54(64)65/h18-21,28-30,33-35,37-39,47,55-56H,6-17,22-27H2,1-5H3,(H2,46,58)(H,48,57)(H,49,62)(H,50,59)(H,51,63)(H,52,60)(H,53,61)/p+1/t29-,30-,33+,34+,35+,37+,38+,39+/m1/s1. The van der Waals surface area contributed by atoms with E-state index in [0.29, 0.717) is 30.7 Å². The number of carbonyl (C=O) groups excluding carboxylic acids is 7. The number of nitro benzene ring substituents is 1. The van der Waals surface area contributed by atoms with E-state index in [4.69, 9.17) is 5.73 Å². The number of nitrogens with zero attached hydrogens (tertiary/aromatic N) is 1. The molecule has 0 spiro atoms. The predicted molar refractivity (Wildman–Crippen MR) is 250 cm³/mol. The summed E-state index contributed by atoms with van der Waals surface area (Å²) in [5.41, 5.74) is 5.77. The molecule has 0 aromatic heterocycles. The third kappa shape index (κ3) is 21.6. The van der Waals surface area contributed by atoms with E-state index in [1.165, 1.54) is 88.4 Å². The van der Waals surface area contributed by atoms with Crippen LogP contribution in [0.15, 0.2) is 24.3 Å². The lowest BCUT2D eigenvalue weighted by Gasteiger charge is -2.30. The van der Waals surface area contributed by atoms with E-state index in [1.54, 1.807) is 13.8 Å². The molecule has 1 saturated heterocycles. The highest BCUT2D eigenvalue weighted by Crippen LogP contribution is 2.15. The van der Waals surface area contributed by atoms with Gasteiger partial charge in [-0.05, 0) is 56.8 Å². The average Bonchev–Trinajstić information content (AvgIpc) is 3.27. The molecule has 7 amide bonds. The number of benzene rings is 1. The number of hydrogen-bond donors (Lipinski definition) is 10. The molecule has 1 heterocycles. The van der Waals surface area contributed by atoms with Gasteiger partial charge in [0.15, 0.2) is 0 Å². The fourth-order valence-corrected chi connectivity index (χ4v) is 8.31. The summed E-state index contributed by atoms with van der Waals surface area (Å²) >= 11 is 1.43. The van der Waals surface area contributed by atoms with Gasteiger partial charge in [-0.1, -0.05) is 77.8 Å². The number of quaternary nitrogens is 1. The van der Waals surface area contributed by atoms with E-state index >= 15 is 0 Å². The molecular formula is C45H76N9O11S+. The van der Waals surface area contributed by atoms with Crippen LogP contribution in [0.3, 0.4) is 0 Å². The Balaban J connectivity index is 2.14. The SMILES string of the molecule is CCCCCCCCCC[NH2+]CC[C@@H]1NC(=O)CCCCCSC[C@@H](C(=O)N[C@H](C(=O)N[C@H](C(=O)N[C@H](C(=O)N[C@@H](Cc2ccc([N+](=O)[O-])cc2)C(N)=O)[C@@H](C)O)C(C)C)[C@@H](C)O)NC1=O. The summed E-state index contributed by atoms with van der Waals surface area (Å²) in [5.74, 6) is -5.23. The molecule has 1 aromatic rings. The summed E-state index contributed by atoms with van der Waals surface area (Å²) in [6.07, 6.45) is 9.29. The minimum absolute atomic E-state index is 0.140. The van der Waals surface area contributed by atoms with E-state index < -0.39 is 94.7 Å². The van der Waals surface area contributed by atoms with Crippen molar-refractivity contribution in [2.45, 2.75) is 173 Å². The van der Waals surface area contributed by atoms with Gasteiger partial charge in [0.05, 0.1) is 30.2 Å². The molecule has 1 fully saturated rings. The highest BCUT2D eigenvalue weighted by Gasteiger charge is 2.37. The molecule has 20 nitrogen and oxygen atoms in total. The predicted octanol–water partition coefficient (Wildman–Crippen LogP) is 0.350. The third-order valence-corrected chi connectivity index (χ3v) is 12.4. The van der Waals surface area contributed by atoms with Gasteiger partial charge >= 0.3 is 0 Å². The van der Waals surface area contributed by atoms with Crippen LogP contribution in [-0.2, 0) is 40.0 Å². The fraction of sp³-hybridized carbons (Fsp3) is 0.711. The van der Waals surface area contributed by atoms with Gasteiger partial charge in [0.2, 0.25) is 41.4 Å². The van der Waals surface area contributed by atoms with Crippen molar-refractivity contribution in [3.05, 3.63) is 39.9 Å². The largest absolute Gasteiger partial charge is 0.391 e. The zero-order valence-electron chi connectivity index (χ0n) is 39.3. The second-order valence-corrected chi connectivity index (χ2v) is 18.6. The Morgan fingerprint density at radius 1 is 0.803 bits per heavy atom. The Kier molecular flexibility index (Phi) is 27.1. The number of amides is 7. The molecule has 21 heteroatoms. The quantitative estimate of drug-likeness (QED) is 0.0325. The van der Waals surface area contributed by atoms with Crippen LogP contribution in [-0.4, -0.2) is 130 Å². The maximum absolute atomic E-state index is 13.9.